The second-order valence-electron chi connectivity index (χ2n) is 5.78. The molecule has 8 nitrogen and oxygen atoms in total. The molecule has 0 aliphatic heterocycles. The van der Waals surface area contributed by atoms with Crippen LogP contribution in [0.2, 0.25) is 0 Å². The minimum atomic E-state index is -0.152. The van der Waals surface area contributed by atoms with Crippen molar-refractivity contribution in [3.8, 4) is 17.0 Å². The maximum absolute atomic E-state index is 12.1. The van der Waals surface area contributed by atoms with Crippen molar-refractivity contribution in [3.05, 3.63) is 60.9 Å². The third kappa shape index (κ3) is 3.94. The number of hydrogen-bond acceptors (Lipinski definition) is 7. The summed E-state index contributed by atoms with van der Waals surface area (Å²) in [6, 6.07) is 14.9. The predicted octanol–water partition coefficient (Wildman–Crippen LogP) is 2.93. The van der Waals surface area contributed by atoms with Gasteiger partial charge in [-0.25, -0.2) is 0 Å². The van der Waals surface area contributed by atoms with E-state index in [-0.39, 0.29) is 11.7 Å². The number of nitrogens with zero attached hydrogens (tertiary/aromatic N) is 5. The summed E-state index contributed by atoms with van der Waals surface area (Å²) in [5.41, 5.74) is 2.99. The van der Waals surface area contributed by atoms with Crippen LogP contribution in [-0.4, -0.2) is 43.6 Å². The Morgan fingerprint density at radius 1 is 1.14 bits per heavy atom. The van der Waals surface area contributed by atoms with Crippen molar-refractivity contribution < 1.29 is 9.53 Å². The number of methoxy groups -OCH3 is 1. The lowest BCUT2D eigenvalue weighted by Gasteiger charge is -2.05. The molecule has 0 aliphatic rings. The summed E-state index contributed by atoms with van der Waals surface area (Å²) in [4.78, 5) is 16.1. The van der Waals surface area contributed by atoms with E-state index in [0.717, 1.165) is 17.0 Å². The van der Waals surface area contributed by atoms with E-state index >= 15 is 0 Å². The predicted molar refractivity (Wildman–Crippen MR) is 106 cm³/mol. The Hall–Kier alpha value is -3.46. The molecule has 0 atom stereocenters. The molecule has 0 saturated heterocycles. The van der Waals surface area contributed by atoms with Crippen molar-refractivity contribution in [1.82, 2.24) is 24.8 Å². The quantitative estimate of drug-likeness (QED) is 0.504. The van der Waals surface area contributed by atoms with Crippen molar-refractivity contribution in [2.24, 2.45) is 0 Å². The van der Waals surface area contributed by atoms with E-state index in [2.05, 4.69) is 25.6 Å². The van der Waals surface area contributed by atoms with Crippen molar-refractivity contribution in [2.45, 2.75) is 5.16 Å². The zero-order chi connectivity index (χ0) is 19.3. The van der Waals surface area contributed by atoms with Crippen LogP contribution < -0.4 is 10.1 Å². The van der Waals surface area contributed by atoms with Gasteiger partial charge in [-0.05, 0) is 48.5 Å². The van der Waals surface area contributed by atoms with Gasteiger partial charge in [0.15, 0.2) is 5.65 Å². The largest absolute Gasteiger partial charge is 0.497 e. The number of nitrogens with one attached hydrogen (secondary N) is 1. The summed E-state index contributed by atoms with van der Waals surface area (Å²) in [5, 5.41) is 16.2. The van der Waals surface area contributed by atoms with E-state index in [1.165, 1.54) is 11.8 Å². The third-order valence-corrected chi connectivity index (χ3v) is 4.82. The minimum absolute atomic E-state index is 0.152. The van der Waals surface area contributed by atoms with Gasteiger partial charge >= 0.3 is 0 Å². The fourth-order valence-corrected chi connectivity index (χ4v) is 3.23. The van der Waals surface area contributed by atoms with Gasteiger partial charge in [0.1, 0.15) is 5.75 Å². The van der Waals surface area contributed by atoms with Crippen molar-refractivity contribution in [1.29, 1.82) is 0 Å². The Labute approximate surface area is 165 Å². The number of hydrogen-bond donors (Lipinski definition) is 1. The van der Waals surface area contributed by atoms with Crippen molar-refractivity contribution >= 4 is 29.0 Å². The third-order valence-electron chi connectivity index (χ3n) is 3.90. The van der Waals surface area contributed by atoms with Crippen LogP contribution in [0.1, 0.15) is 0 Å². The minimum Gasteiger partial charge on any atom is -0.497 e. The number of benzene rings is 1. The molecule has 9 heteroatoms. The molecule has 0 aliphatic carbocycles. The molecule has 28 heavy (non-hydrogen) atoms. The topological polar surface area (TPSA) is 94.3 Å². The van der Waals surface area contributed by atoms with Crippen LogP contribution in [0.3, 0.4) is 0 Å². The van der Waals surface area contributed by atoms with E-state index in [4.69, 9.17) is 4.74 Å². The number of amides is 1. The molecule has 0 fully saturated rings. The van der Waals surface area contributed by atoms with E-state index in [1.807, 2.05) is 36.4 Å². The molecular formula is C19H16N6O2S. The number of carbonyl (C=O) groups is 1. The molecule has 0 bridgehead atoms. The van der Waals surface area contributed by atoms with Gasteiger partial charge in [-0.2, -0.15) is 9.61 Å². The Kier molecular flexibility index (Phi) is 5.16. The molecule has 3 heterocycles. The molecule has 1 N–H and O–H groups in total. The van der Waals surface area contributed by atoms with Gasteiger partial charge in [0.25, 0.3) is 0 Å². The zero-order valence-electron chi connectivity index (χ0n) is 14.9. The zero-order valence-corrected chi connectivity index (χ0v) is 15.8. The molecule has 0 radical (unpaired) electrons. The van der Waals surface area contributed by atoms with E-state index in [1.54, 1.807) is 36.2 Å². The van der Waals surface area contributed by atoms with E-state index in [0.29, 0.717) is 16.5 Å². The van der Waals surface area contributed by atoms with Crippen molar-refractivity contribution in [2.75, 3.05) is 18.2 Å². The van der Waals surface area contributed by atoms with Gasteiger partial charge in [0.2, 0.25) is 11.1 Å². The fraction of sp³-hybridized carbons (Fsp3) is 0.105. The van der Waals surface area contributed by atoms with Crippen LogP contribution in [-0.2, 0) is 4.79 Å². The van der Waals surface area contributed by atoms with Crippen LogP contribution in [0.4, 0.5) is 5.69 Å². The number of rotatable bonds is 6. The number of ether oxygens (including phenoxy) is 1. The summed E-state index contributed by atoms with van der Waals surface area (Å²) >= 11 is 1.27. The maximum Gasteiger partial charge on any atom is 0.234 e. The second kappa shape index (κ2) is 8.05. The van der Waals surface area contributed by atoms with Gasteiger partial charge in [0, 0.05) is 11.8 Å². The first-order valence-corrected chi connectivity index (χ1v) is 9.41. The lowest BCUT2D eigenvalue weighted by molar-refractivity contribution is -0.113. The molecule has 0 unspecified atom stereocenters. The fourth-order valence-electron chi connectivity index (χ4n) is 2.54. The Morgan fingerprint density at radius 3 is 2.75 bits per heavy atom. The number of anilines is 1. The lowest BCUT2D eigenvalue weighted by atomic mass is 10.1. The highest BCUT2D eigenvalue weighted by atomic mass is 32.2. The molecule has 0 saturated carbocycles. The van der Waals surface area contributed by atoms with Crippen LogP contribution >= 0.6 is 11.8 Å². The van der Waals surface area contributed by atoms with Gasteiger partial charge in [-0.1, -0.05) is 11.8 Å². The normalized spacial score (nSPS) is 10.8. The summed E-state index contributed by atoms with van der Waals surface area (Å²) in [5.74, 6) is 0.815. The summed E-state index contributed by atoms with van der Waals surface area (Å²) in [6.45, 7) is 0. The monoisotopic (exact) mass is 392 g/mol. The maximum atomic E-state index is 12.1. The Morgan fingerprint density at radius 2 is 2.00 bits per heavy atom. The molecule has 4 aromatic rings. The number of pyridine rings is 1. The highest BCUT2D eigenvalue weighted by Crippen LogP contribution is 2.22. The first-order chi connectivity index (χ1) is 13.7. The standard InChI is InChI=1S/C19H16N6O2S/c1-27-15-6-4-13(5-7-15)16-8-9-17-22-23-19(25(17)24-16)28-12-18(26)21-14-3-2-10-20-11-14/h2-11H,12H2,1H3,(H,21,26). The average molecular weight is 392 g/mol. The average Bonchev–Trinajstić information content (AvgIpc) is 3.15. The second-order valence-corrected chi connectivity index (χ2v) is 6.72. The van der Waals surface area contributed by atoms with E-state index in [9.17, 15) is 4.79 Å². The summed E-state index contributed by atoms with van der Waals surface area (Å²) < 4.78 is 6.83. The molecule has 1 aromatic carbocycles. The van der Waals surface area contributed by atoms with Gasteiger partial charge in [0.05, 0.1) is 30.4 Å². The van der Waals surface area contributed by atoms with E-state index < -0.39 is 0 Å². The first-order valence-electron chi connectivity index (χ1n) is 8.42. The summed E-state index contributed by atoms with van der Waals surface area (Å²) in [6.07, 6.45) is 3.25. The van der Waals surface area contributed by atoms with Crippen LogP contribution in [0, 0.1) is 0 Å². The van der Waals surface area contributed by atoms with Gasteiger partial charge in [-0.3, -0.25) is 9.78 Å². The molecule has 0 spiro atoms. The smallest absolute Gasteiger partial charge is 0.234 e. The molecule has 1 amide bonds. The van der Waals surface area contributed by atoms with Crippen LogP contribution in [0.5, 0.6) is 5.75 Å². The van der Waals surface area contributed by atoms with Crippen LogP contribution in [0.15, 0.2) is 66.1 Å². The summed E-state index contributed by atoms with van der Waals surface area (Å²) in [7, 11) is 1.63. The Bertz CT molecular complexity index is 1100. The van der Waals surface area contributed by atoms with Gasteiger partial charge < -0.3 is 10.1 Å². The SMILES string of the molecule is COc1ccc(-c2ccc3nnc(SCC(=O)Nc4cccnc4)n3n2)cc1. The van der Waals surface area contributed by atoms with Crippen LogP contribution in [0.25, 0.3) is 16.9 Å². The number of carbonyl (C=O) groups excluding carboxylic acids is 1. The number of fused-ring (bicyclic) bond motifs is 1. The lowest BCUT2D eigenvalue weighted by Crippen LogP contribution is -2.14. The Balaban J connectivity index is 1.50. The molecule has 3 aromatic heterocycles. The molecule has 140 valence electrons. The van der Waals surface area contributed by atoms with Gasteiger partial charge in [-0.15, -0.1) is 10.2 Å². The highest BCUT2D eigenvalue weighted by Gasteiger charge is 2.12. The highest BCUT2D eigenvalue weighted by molar-refractivity contribution is 7.99. The molecule has 4 rings (SSSR count). The first kappa shape index (κ1) is 17.9. The number of aromatic nitrogens is 5. The number of thioether (sulfide) groups is 1. The molecular weight excluding hydrogens is 376 g/mol. The van der Waals surface area contributed by atoms with Crippen molar-refractivity contribution in [3.63, 3.8) is 0 Å².